The highest BCUT2D eigenvalue weighted by Gasteiger charge is 2.14. The van der Waals surface area contributed by atoms with Crippen LogP contribution in [0.2, 0.25) is 5.02 Å². The molecular weight excluding hydrogens is 230 g/mol. The van der Waals surface area contributed by atoms with E-state index in [0.29, 0.717) is 0 Å². The van der Waals surface area contributed by atoms with Gasteiger partial charge in [-0.3, -0.25) is 4.68 Å². The molecule has 1 aromatic rings. The lowest BCUT2D eigenvalue weighted by Gasteiger charge is -2.17. The molecule has 0 aliphatic carbocycles. The second-order valence-electron chi connectivity index (χ2n) is 4.45. The summed E-state index contributed by atoms with van der Waals surface area (Å²) in [7, 11) is 1.92. The third kappa shape index (κ3) is 3.70. The van der Waals surface area contributed by atoms with Gasteiger partial charge in [0, 0.05) is 24.1 Å². The molecule has 0 spiro atoms. The average Bonchev–Trinajstić information content (AvgIpc) is 2.29. The lowest BCUT2D eigenvalue weighted by atomic mass is 10.1. The normalized spacial score (nSPS) is 12.1. The van der Waals surface area contributed by atoms with Gasteiger partial charge in [0.05, 0.1) is 16.4 Å². The van der Waals surface area contributed by atoms with Crippen LogP contribution in [0, 0.1) is 6.92 Å². The van der Waals surface area contributed by atoms with Gasteiger partial charge >= 0.3 is 0 Å². The van der Waals surface area contributed by atoms with E-state index >= 15 is 0 Å². The predicted molar refractivity (Wildman–Crippen MR) is 67.4 cm³/mol. The predicted octanol–water partition coefficient (Wildman–Crippen LogP) is 2.35. The van der Waals surface area contributed by atoms with E-state index < -0.39 is 0 Å². The van der Waals surface area contributed by atoms with Gasteiger partial charge in [-0.15, -0.1) is 0 Å². The number of rotatable bonds is 4. The van der Waals surface area contributed by atoms with Crippen LogP contribution in [0.1, 0.15) is 25.2 Å². The Labute approximate surface area is 100 Å². The summed E-state index contributed by atoms with van der Waals surface area (Å²) >= 11 is 7.92. The summed E-state index contributed by atoms with van der Waals surface area (Å²) in [5, 5.41) is 5.04. The molecule has 0 aliphatic heterocycles. The first-order chi connectivity index (χ1) is 6.81. The average molecular weight is 248 g/mol. The van der Waals surface area contributed by atoms with Gasteiger partial charge in [0.2, 0.25) is 0 Å². The molecule has 3 nitrogen and oxygen atoms in total. The first kappa shape index (κ1) is 12.9. The van der Waals surface area contributed by atoms with Crippen LogP contribution in [0.3, 0.4) is 0 Å². The highest BCUT2D eigenvalue weighted by Crippen LogP contribution is 2.24. The van der Waals surface area contributed by atoms with Gasteiger partial charge in [-0.25, -0.2) is 0 Å². The number of aryl methyl sites for hydroxylation is 2. The van der Waals surface area contributed by atoms with Crippen molar-refractivity contribution in [1.29, 1.82) is 0 Å². The Hall–Kier alpha value is -0.190. The number of aromatic nitrogens is 2. The molecule has 0 amide bonds. The number of nitrogens with two attached hydrogens (primary N) is 1. The first-order valence-corrected chi connectivity index (χ1v) is 6.39. The Morgan fingerprint density at radius 1 is 1.53 bits per heavy atom. The summed E-state index contributed by atoms with van der Waals surface area (Å²) in [6, 6.07) is 0. The molecule has 1 rings (SSSR count). The number of hydrogen-bond donors (Lipinski definition) is 1. The summed E-state index contributed by atoms with van der Waals surface area (Å²) in [5.41, 5.74) is 7.73. The molecule has 0 saturated heterocycles. The summed E-state index contributed by atoms with van der Waals surface area (Å²) in [6.07, 6.45) is 0. The van der Waals surface area contributed by atoms with Crippen molar-refractivity contribution in [2.45, 2.75) is 32.1 Å². The number of halogens is 1. The highest BCUT2D eigenvalue weighted by molar-refractivity contribution is 7.98. The second-order valence-corrected chi connectivity index (χ2v) is 5.81. The Morgan fingerprint density at radius 3 is 2.53 bits per heavy atom. The third-order valence-electron chi connectivity index (χ3n) is 1.97. The SMILES string of the molecule is Cc1nn(C)c(CSCC(C)(C)N)c1Cl. The van der Waals surface area contributed by atoms with Crippen molar-refractivity contribution < 1.29 is 0 Å². The molecule has 2 N–H and O–H groups in total. The Balaban J connectivity index is 2.58. The van der Waals surface area contributed by atoms with Gasteiger partial charge in [0.15, 0.2) is 0 Å². The lowest BCUT2D eigenvalue weighted by molar-refractivity contribution is 0.591. The molecule has 0 unspecified atom stereocenters. The summed E-state index contributed by atoms with van der Waals surface area (Å²) < 4.78 is 1.84. The van der Waals surface area contributed by atoms with Crippen molar-refractivity contribution in [2.75, 3.05) is 5.75 Å². The highest BCUT2D eigenvalue weighted by atomic mass is 35.5. The van der Waals surface area contributed by atoms with Crippen molar-refractivity contribution in [3.05, 3.63) is 16.4 Å². The zero-order valence-corrected chi connectivity index (χ0v) is 11.2. The molecule has 0 aliphatic rings. The minimum Gasteiger partial charge on any atom is -0.325 e. The standard InChI is InChI=1S/C10H18ClN3S/c1-7-9(11)8(14(4)13-7)5-15-6-10(2,3)12/h5-6,12H2,1-4H3. The van der Waals surface area contributed by atoms with E-state index in [1.54, 1.807) is 11.8 Å². The van der Waals surface area contributed by atoms with Gasteiger partial charge in [0.25, 0.3) is 0 Å². The fraction of sp³-hybridized carbons (Fsp3) is 0.700. The lowest BCUT2D eigenvalue weighted by Crippen LogP contribution is -2.34. The molecule has 0 atom stereocenters. The van der Waals surface area contributed by atoms with Crippen LogP contribution < -0.4 is 5.73 Å². The molecule has 0 fully saturated rings. The zero-order chi connectivity index (χ0) is 11.6. The maximum Gasteiger partial charge on any atom is 0.0855 e. The van der Waals surface area contributed by atoms with E-state index in [9.17, 15) is 0 Å². The molecule has 0 saturated carbocycles. The van der Waals surface area contributed by atoms with Gasteiger partial charge < -0.3 is 5.73 Å². The van der Waals surface area contributed by atoms with Gasteiger partial charge in [-0.2, -0.15) is 16.9 Å². The van der Waals surface area contributed by atoms with Gasteiger partial charge in [-0.05, 0) is 20.8 Å². The first-order valence-electron chi connectivity index (χ1n) is 4.86. The molecular formula is C10H18ClN3S. The molecule has 5 heteroatoms. The molecule has 15 heavy (non-hydrogen) atoms. The van der Waals surface area contributed by atoms with Crippen LogP contribution in [0.5, 0.6) is 0 Å². The number of thioether (sulfide) groups is 1. The molecule has 0 aromatic carbocycles. The topological polar surface area (TPSA) is 43.8 Å². The quantitative estimate of drug-likeness (QED) is 0.888. The van der Waals surface area contributed by atoms with E-state index in [4.69, 9.17) is 17.3 Å². The monoisotopic (exact) mass is 247 g/mol. The minimum atomic E-state index is -0.134. The van der Waals surface area contributed by atoms with Crippen LogP contribution >= 0.6 is 23.4 Å². The van der Waals surface area contributed by atoms with Crippen LogP contribution in [0.15, 0.2) is 0 Å². The fourth-order valence-electron chi connectivity index (χ4n) is 1.25. The second kappa shape index (κ2) is 4.76. The van der Waals surface area contributed by atoms with E-state index in [1.165, 1.54) is 0 Å². The number of hydrogen-bond acceptors (Lipinski definition) is 3. The number of nitrogens with zero attached hydrogens (tertiary/aromatic N) is 2. The third-order valence-corrected chi connectivity index (χ3v) is 3.89. The van der Waals surface area contributed by atoms with Gasteiger partial charge in [0.1, 0.15) is 0 Å². The fourth-order valence-corrected chi connectivity index (χ4v) is 2.71. The molecule has 0 bridgehead atoms. The maximum atomic E-state index is 6.14. The molecule has 86 valence electrons. The van der Waals surface area contributed by atoms with E-state index in [0.717, 1.165) is 27.9 Å². The van der Waals surface area contributed by atoms with Crippen molar-refractivity contribution in [3.8, 4) is 0 Å². The van der Waals surface area contributed by atoms with Crippen molar-refractivity contribution in [3.63, 3.8) is 0 Å². The van der Waals surface area contributed by atoms with Crippen LogP contribution in [0.4, 0.5) is 0 Å². The van der Waals surface area contributed by atoms with Gasteiger partial charge in [-0.1, -0.05) is 11.6 Å². The molecule has 0 radical (unpaired) electrons. The maximum absolute atomic E-state index is 6.14. The molecule has 1 heterocycles. The Bertz CT molecular complexity index is 341. The summed E-state index contributed by atoms with van der Waals surface area (Å²) in [5.74, 6) is 1.77. The largest absolute Gasteiger partial charge is 0.325 e. The van der Waals surface area contributed by atoms with Crippen molar-refractivity contribution in [2.24, 2.45) is 12.8 Å². The summed E-state index contributed by atoms with van der Waals surface area (Å²) in [6.45, 7) is 5.97. The van der Waals surface area contributed by atoms with Crippen LogP contribution in [-0.4, -0.2) is 21.1 Å². The van der Waals surface area contributed by atoms with Crippen molar-refractivity contribution in [1.82, 2.24) is 9.78 Å². The molecule has 1 aromatic heterocycles. The zero-order valence-electron chi connectivity index (χ0n) is 9.67. The Kier molecular flexibility index (Phi) is 4.09. The van der Waals surface area contributed by atoms with E-state index in [1.807, 2.05) is 32.5 Å². The smallest absolute Gasteiger partial charge is 0.0855 e. The van der Waals surface area contributed by atoms with Crippen molar-refractivity contribution >= 4 is 23.4 Å². The summed E-state index contributed by atoms with van der Waals surface area (Å²) in [4.78, 5) is 0. The minimum absolute atomic E-state index is 0.134. The van der Waals surface area contributed by atoms with Crippen LogP contribution in [0.25, 0.3) is 0 Å². The van der Waals surface area contributed by atoms with E-state index in [-0.39, 0.29) is 5.54 Å². The van der Waals surface area contributed by atoms with E-state index in [2.05, 4.69) is 5.10 Å². The van der Waals surface area contributed by atoms with Crippen LogP contribution in [-0.2, 0) is 12.8 Å². The Morgan fingerprint density at radius 2 is 2.13 bits per heavy atom.